The normalized spacial score (nSPS) is 22.7. The maximum Gasteiger partial charge on any atom is 0.408 e. The second kappa shape index (κ2) is 19.3. The first kappa shape index (κ1) is 41.4. The summed E-state index contributed by atoms with van der Waals surface area (Å²) in [5.74, 6) is -4.53. The van der Waals surface area contributed by atoms with Gasteiger partial charge in [-0.3, -0.25) is 24.0 Å². The van der Waals surface area contributed by atoms with Gasteiger partial charge >= 0.3 is 35.9 Å². The third-order valence-corrected chi connectivity index (χ3v) is 7.79. The molecule has 17 heteroatoms. The number of hydrogen-bond acceptors (Lipinski definition) is 15. The van der Waals surface area contributed by atoms with E-state index in [1.54, 1.807) is 27.7 Å². The van der Waals surface area contributed by atoms with E-state index in [1.165, 1.54) is 7.11 Å². The predicted molar refractivity (Wildman–Crippen MR) is 166 cm³/mol. The molecule has 0 unspecified atom stereocenters. The molecule has 1 saturated heterocycles. The number of hydrogen-bond donors (Lipinski definition) is 2. The van der Waals surface area contributed by atoms with Gasteiger partial charge in [-0.2, -0.15) is 0 Å². The Balaban J connectivity index is 3.38. The van der Waals surface area contributed by atoms with E-state index in [2.05, 4.69) is 10.6 Å². The Bertz CT molecular complexity index is 1130. The van der Waals surface area contributed by atoms with E-state index >= 15 is 0 Å². The maximum atomic E-state index is 13.5. The largest absolute Gasteiger partial charge is 0.467 e. The molecule has 0 aliphatic carbocycles. The number of thioether (sulfide) groups is 1. The zero-order valence-corrected chi connectivity index (χ0v) is 29.4. The third kappa shape index (κ3) is 14.8. The van der Waals surface area contributed by atoms with E-state index in [1.807, 2.05) is 6.92 Å². The van der Waals surface area contributed by atoms with Gasteiger partial charge in [-0.1, -0.05) is 20.3 Å². The summed E-state index contributed by atoms with van der Waals surface area (Å²) < 4.78 is 37.7. The Kier molecular flexibility index (Phi) is 17.0. The van der Waals surface area contributed by atoms with Gasteiger partial charge in [-0.15, -0.1) is 11.8 Å². The molecule has 2 amide bonds. The van der Waals surface area contributed by atoms with Crippen LogP contribution in [0.4, 0.5) is 4.79 Å². The van der Waals surface area contributed by atoms with Crippen LogP contribution in [0.2, 0.25) is 0 Å². The highest BCUT2D eigenvalue weighted by atomic mass is 32.2. The van der Waals surface area contributed by atoms with E-state index in [0.717, 1.165) is 39.5 Å². The molecule has 0 aromatic carbocycles. The van der Waals surface area contributed by atoms with E-state index in [-0.39, 0.29) is 18.1 Å². The van der Waals surface area contributed by atoms with Crippen molar-refractivity contribution in [3.63, 3.8) is 0 Å². The summed E-state index contributed by atoms with van der Waals surface area (Å²) in [6.45, 7) is 12.7. The molecule has 0 bridgehead atoms. The Morgan fingerprint density at radius 2 is 1.38 bits per heavy atom. The second-order valence-corrected chi connectivity index (χ2v) is 13.0. The van der Waals surface area contributed by atoms with Gasteiger partial charge < -0.3 is 43.8 Å². The molecule has 1 aliphatic heterocycles. The summed E-state index contributed by atoms with van der Waals surface area (Å²) in [5, 5.41) is 5.18. The molecule has 1 rings (SSSR count). The molecule has 0 aromatic rings. The lowest BCUT2D eigenvalue weighted by atomic mass is 9.98. The lowest BCUT2D eigenvalue weighted by Crippen LogP contribution is -2.61. The highest BCUT2D eigenvalue weighted by Crippen LogP contribution is 2.35. The van der Waals surface area contributed by atoms with E-state index < -0.39 is 96.0 Å². The predicted octanol–water partition coefficient (Wildman–Crippen LogP) is 1.79. The number of ether oxygens (including phenoxy) is 7. The quantitative estimate of drug-likeness (QED) is 0.185. The van der Waals surface area contributed by atoms with Gasteiger partial charge in [0.1, 0.15) is 35.8 Å². The molecule has 2 N–H and O–H groups in total. The highest BCUT2D eigenvalue weighted by molar-refractivity contribution is 7.99. The number of amides is 2. The second-order valence-electron chi connectivity index (χ2n) is 11.8. The Hall–Kier alpha value is -3.60. The minimum Gasteiger partial charge on any atom is -0.467 e. The van der Waals surface area contributed by atoms with Crippen molar-refractivity contribution >= 4 is 53.6 Å². The summed E-state index contributed by atoms with van der Waals surface area (Å²) >= 11 is 1.03. The fourth-order valence-electron chi connectivity index (χ4n) is 4.39. The van der Waals surface area contributed by atoms with Crippen LogP contribution >= 0.6 is 11.8 Å². The molecule has 47 heavy (non-hydrogen) atoms. The first-order chi connectivity index (χ1) is 21.8. The SMILES string of the molecule is CC[C@H](C)[C@H](NC(=O)[C@H](CCS[C@@H]1O[C@H](COC(C)=O)[C@H](OC(C)=O)[C@H](OC(C)=O)[C@H]1OC(C)=O)NC(=O)OC(C)(C)C)C(=O)OC. The first-order valence-corrected chi connectivity index (χ1v) is 16.1. The minimum atomic E-state index is -1.36. The van der Waals surface area contributed by atoms with Crippen LogP contribution in [0, 0.1) is 5.92 Å². The van der Waals surface area contributed by atoms with Crippen molar-refractivity contribution in [1.82, 2.24) is 10.6 Å². The van der Waals surface area contributed by atoms with Gasteiger partial charge in [-0.05, 0) is 38.9 Å². The molecular weight excluding hydrogens is 644 g/mol. The summed E-state index contributed by atoms with van der Waals surface area (Å²) in [5.41, 5.74) is -1.97. The summed E-state index contributed by atoms with van der Waals surface area (Å²) in [7, 11) is 1.20. The van der Waals surface area contributed by atoms with Crippen molar-refractivity contribution in [2.45, 2.75) is 123 Å². The number of rotatable bonds is 15. The zero-order valence-electron chi connectivity index (χ0n) is 28.6. The van der Waals surface area contributed by atoms with Crippen molar-refractivity contribution in [1.29, 1.82) is 0 Å². The van der Waals surface area contributed by atoms with E-state index in [9.17, 15) is 33.6 Å². The number of carbonyl (C=O) groups is 7. The lowest BCUT2D eigenvalue weighted by Gasteiger charge is -2.44. The summed E-state index contributed by atoms with van der Waals surface area (Å²) in [6, 6.07) is -2.20. The van der Waals surface area contributed by atoms with Crippen LogP contribution in [-0.2, 0) is 61.9 Å². The van der Waals surface area contributed by atoms with Crippen molar-refractivity contribution in [3.05, 3.63) is 0 Å². The average molecular weight is 693 g/mol. The van der Waals surface area contributed by atoms with Crippen LogP contribution in [0.15, 0.2) is 0 Å². The summed E-state index contributed by atoms with van der Waals surface area (Å²) in [4.78, 5) is 86.4. The van der Waals surface area contributed by atoms with Crippen LogP contribution in [0.25, 0.3) is 0 Å². The number of carbonyl (C=O) groups excluding carboxylic acids is 7. The van der Waals surface area contributed by atoms with E-state index in [4.69, 9.17) is 33.2 Å². The molecule has 1 aliphatic rings. The molecule has 16 nitrogen and oxygen atoms in total. The Labute approximate surface area is 278 Å². The molecule has 8 atom stereocenters. The monoisotopic (exact) mass is 692 g/mol. The Morgan fingerprint density at radius 1 is 0.830 bits per heavy atom. The molecule has 268 valence electrons. The molecule has 1 fully saturated rings. The maximum absolute atomic E-state index is 13.5. The van der Waals surface area contributed by atoms with Gasteiger partial charge in [0.2, 0.25) is 5.91 Å². The van der Waals surface area contributed by atoms with Gasteiger partial charge in [0.05, 0.1) is 7.11 Å². The van der Waals surface area contributed by atoms with Gasteiger partial charge in [0, 0.05) is 27.7 Å². The standard InChI is InChI=1S/C30H48N2O14S/c1-11-15(2)22(27(38)40-10)32-26(37)20(31-29(39)46-30(7,8)9)12-13-47-28-25(44-19(6)36)24(43-18(5)35)23(42-17(4)34)21(45-28)14-41-16(3)33/h15,20-25,28H,11-14H2,1-10H3,(H,31,39)(H,32,37)/t15-,20-,21+,22-,23-,24-,25+,28-/m0/s1. The van der Waals surface area contributed by atoms with Crippen molar-refractivity contribution in [2.75, 3.05) is 19.5 Å². The molecule has 0 saturated carbocycles. The van der Waals surface area contributed by atoms with Crippen molar-refractivity contribution in [2.24, 2.45) is 5.92 Å². The molecule has 0 radical (unpaired) electrons. The number of esters is 5. The Morgan fingerprint density at radius 3 is 1.87 bits per heavy atom. The minimum absolute atomic E-state index is 0.0446. The van der Waals surface area contributed by atoms with Crippen LogP contribution in [0.3, 0.4) is 0 Å². The zero-order chi connectivity index (χ0) is 36.1. The van der Waals surface area contributed by atoms with Gasteiger partial charge in [0.15, 0.2) is 18.3 Å². The van der Waals surface area contributed by atoms with Crippen LogP contribution < -0.4 is 10.6 Å². The lowest BCUT2D eigenvalue weighted by molar-refractivity contribution is -0.237. The van der Waals surface area contributed by atoms with Crippen molar-refractivity contribution in [3.8, 4) is 0 Å². The number of alkyl carbamates (subject to hydrolysis) is 1. The van der Waals surface area contributed by atoms with Gasteiger partial charge in [0.25, 0.3) is 0 Å². The highest BCUT2D eigenvalue weighted by Gasteiger charge is 2.52. The fourth-order valence-corrected chi connectivity index (χ4v) is 5.62. The molecule has 0 spiro atoms. The van der Waals surface area contributed by atoms with Gasteiger partial charge in [-0.25, -0.2) is 9.59 Å². The van der Waals surface area contributed by atoms with Crippen LogP contribution in [0.1, 0.15) is 75.2 Å². The summed E-state index contributed by atoms with van der Waals surface area (Å²) in [6.07, 6.45) is -5.51. The molecule has 1 heterocycles. The smallest absolute Gasteiger partial charge is 0.408 e. The topological polar surface area (TPSA) is 208 Å². The molecular formula is C30H48N2O14S. The van der Waals surface area contributed by atoms with Crippen LogP contribution in [-0.4, -0.2) is 109 Å². The first-order valence-electron chi connectivity index (χ1n) is 15.1. The van der Waals surface area contributed by atoms with E-state index in [0.29, 0.717) is 6.42 Å². The fraction of sp³-hybridized carbons (Fsp3) is 0.767. The van der Waals surface area contributed by atoms with Crippen molar-refractivity contribution < 1.29 is 66.7 Å². The average Bonchev–Trinajstić information content (AvgIpc) is 2.94. The number of methoxy groups -OCH3 is 1. The third-order valence-electron chi connectivity index (χ3n) is 6.61. The molecule has 0 aromatic heterocycles. The van der Waals surface area contributed by atoms with Crippen LogP contribution in [0.5, 0.6) is 0 Å². The number of nitrogens with one attached hydrogen (secondary N) is 2.